The zero-order chi connectivity index (χ0) is 17.3. The monoisotopic (exact) mass is 349 g/mol. The zero-order valence-corrected chi connectivity index (χ0v) is 13.5. The van der Waals surface area contributed by atoms with Crippen LogP contribution >= 0.6 is 11.8 Å². The molecule has 1 aliphatic rings. The second kappa shape index (κ2) is 6.74. The number of carbonyl (C=O) groups is 1. The number of nitrogens with zero attached hydrogens (tertiary/aromatic N) is 4. The zero-order valence-electron chi connectivity index (χ0n) is 12.7. The maximum absolute atomic E-state index is 11.4. The van der Waals surface area contributed by atoms with Crippen molar-refractivity contribution in [2.75, 3.05) is 17.3 Å². The Morgan fingerprint density at radius 1 is 1.46 bits per heavy atom. The first-order valence-corrected chi connectivity index (χ1v) is 8.42. The highest BCUT2D eigenvalue weighted by atomic mass is 32.2. The summed E-state index contributed by atoms with van der Waals surface area (Å²) in [5.41, 5.74) is 0.651. The molecule has 0 aromatic carbocycles. The van der Waals surface area contributed by atoms with E-state index >= 15 is 0 Å². The summed E-state index contributed by atoms with van der Waals surface area (Å²) in [4.78, 5) is 23.6. The molecule has 2 aromatic heterocycles. The van der Waals surface area contributed by atoms with E-state index in [1.807, 2.05) is 12.2 Å². The highest BCUT2D eigenvalue weighted by Gasteiger charge is 2.44. The third-order valence-corrected chi connectivity index (χ3v) is 4.33. The highest BCUT2D eigenvalue weighted by Crippen LogP contribution is 2.33. The molecule has 1 fully saturated rings. The van der Waals surface area contributed by atoms with Gasteiger partial charge in [0.05, 0.1) is 12.4 Å². The Bertz CT molecular complexity index is 804. The second-order valence-electron chi connectivity index (χ2n) is 5.15. The number of nitrogens with one attached hydrogen (secondary N) is 1. The minimum absolute atomic E-state index is 0.162. The number of imidazole rings is 1. The van der Waals surface area contributed by atoms with E-state index < -0.39 is 30.4 Å². The van der Waals surface area contributed by atoms with Crippen LogP contribution < -0.4 is 5.32 Å². The topological polar surface area (TPSA) is 122 Å². The maximum atomic E-state index is 11.4. The molecule has 0 unspecified atom stereocenters. The third kappa shape index (κ3) is 2.83. The highest BCUT2D eigenvalue weighted by molar-refractivity contribution is 7.98. The van der Waals surface area contributed by atoms with Crippen LogP contribution in [0.25, 0.3) is 11.2 Å². The number of aliphatic hydroxyl groups is 2. The van der Waals surface area contributed by atoms with Gasteiger partial charge in [-0.25, -0.2) is 15.0 Å². The minimum atomic E-state index is -1.13. The molecule has 0 spiro atoms. The molecular weight excluding hydrogens is 334 g/mol. The Labute approximate surface area is 141 Å². The van der Waals surface area contributed by atoms with Gasteiger partial charge in [-0.3, -0.25) is 14.7 Å². The summed E-state index contributed by atoms with van der Waals surface area (Å²) in [7, 11) is 0. The van der Waals surface area contributed by atoms with Gasteiger partial charge in [0, 0.05) is 5.75 Å². The van der Waals surface area contributed by atoms with Gasteiger partial charge in [-0.1, -0.05) is 0 Å². The van der Waals surface area contributed by atoms with Crippen molar-refractivity contribution in [3.8, 4) is 12.3 Å². The molecule has 126 valence electrons. The number of rotatable bonds is 4. The first kappa shape index (κ1) is 16.7. The molecule has 24 heavy (non-hydrogen) atoms. The van der Waals surface area contributed by atoms with Crippen molar-refractivity contribution in [3.05, 3.63) is 12.7 Å². The molecule has 10 heteroatoms. The van der Waals surface area contributed by atoms with E-state index in [-0.39, 0.29) is 5.82 Å². The Balaban J connectivity index is 1.95. The Hall–Kier alpha value is -2.19. The van der Waals surface area contributed by atoms with Gasteiger partial charge in [0.1, 0.15) is 18.5 Å². The summed E-state index contributed by atoms with van der Waals surface area (Å²) in [5, 5.41) is 22.8. The lowest BCUT2D eigenvalue weighted by molar-refractivity contribution is -0.111. The van der Waals surface area contributed by atoms with Gasteiger partial charge < -0.3 is 14.9 Å². The Kier molecular flexibility index (Phi) is 4.68. The van der Waals surface area contributed by atoms with Gasteiger partial charge in [0.15, 0.2) is 23.2 Å². The molecule has 0 aliphatic carbocycles. The quantitative estimate of drug-likeness (QED) is 0.624. The van der Waals surface area contributed by atoms with Crippen molar-refractivity contribution in [2.24, 2.45) is 0 Å². The molecule has 3 rings (SSSR count). The summed E-state index contributed by atoms with van der Waals surface area (Å²) in [6.07, 6.45) is 6.09. The molecular formula is C14H15N5O4S. The number of fused-ring (bicyclic) bond motifs is 1. The van der Waals surface area contributed by atoms with Crippen molar-refractivity contribution >= 4 is 34.7 Å². The van der Waals surface area contributed by atoms with Crippen molar-refractivity contribution < 1.29 is 19.7 Å². The van der Waals surface area contributed by atoms with E-state index in [1.54, 1.807) is 0 Å². The molecule has 1 amide bonds. The van der Waals surface area contributed by atoms with Gasteiger partial charge >= 0.3 is 5.91 Å². The SMILES string of the molecule is C#CC(=O)Nc1ncnc2c1ncn2[C@@H]1O[C@H](CSC)[C@@H](O)[C@H]1O. The summed E-state index contributed by atoms with van der Waals surface area (Å²) in [6.45, 7) is 0. The smallest absolute Gasteiger partial charge is 0.301 e. The standard InChI is InChI=1S/C14H15N5O4S/c1-3-8(20)18-12-9-13(16-5-15-12)19(6-17-9)14-11(22)10(21)7(23-14)4-24-2/h1,5-7,10-11,14,21-22H,4H2,2H3,(H,15,16,18,20)/t7-,10-,11-,14-/m1/s1. The van der Waals surface area contributed by atoms with Crippen molar-refractivity contribution in [2.45, 2.75) is 24.5 Å². The van der Waals surface area contributed by atoms with Crippen molar-refractivity contribution in [1.82, 2.24) is 19.5 Å². The maximum Gasteiger partial charge on any atom is 0.301 e. The number of hydrogen-bond donors (Lipinski definition) is 3. The molecule has 3 N–H and O–H groups in total. The van der Waals surface area contributed by atoms with Crippen LogP contribution in [0.1, 0.15) is 6.23 Å². The average molecular weight is 349 g/mol. The van der Waals surface area contributed by atoms with E-state index in [0.717, 1.165) is 0 Å². The fraction of sp³-hybridized carbons (Fsp3) is 0.429. The summed E-state index contributed by atoms with van der Waals surface area (Å²) in [5.74, 6) is 1.98. The lowest BCUT2D eigenvalue weighted by Gasteiger charge is -2.16. The largest absolute Gasteiger partial charge is 0.387 e. The molecule has 0 saturated carbocycles. The fourth-order valence-corrected chi connectivity index (χ4v) is 3.14. The van der Waals surface area contributed by atoms with Gasteiger partial charge in [0.2, 0.25) is 0 Å². The number of thioether (sulfide) groups is 1. The molecule has 0 radical (unpaired) electrons. The van der Waals surface area contributed by atoms with E-state index in [9.17, 15) is 15.0 Å². The number of terminal acetylenes is 1. The molecule has 4 atom stereocenters. The van der Waals surface area contributed by atoms with E-state index in [2.05, 4.69) is 20.3 Å². The van der Waals surface area contributed by atoms with E-state index in [1.165, 1.54) is 29.0 Å². The minimum Gasteiger partial charge on any atom is -0.387 e. The van der Waals surface area contributed by atoms with Gasteiger partial charge in [0.25, 0.3) is 0 Å². The molecule has 2 aromatic rings. The van der Waals surface area contributed by atoms with E-state index in [4.69, 9.17) is 11.2 Å². The normalized spacial score (nSPS) is 26.4. The van der Waals surface area contributed by atoms with Crippen LogP contribution in [0, 0.1) is 12.3 Å². The number of aliphatic hydroxyl groups excluding tert-OH is 2. The van der Waals surface area contributed by atoms with Crippen LogP contribution in [0.3, 0.4) is 0 Å². The summed E-state index contributed by atoms with van der Waals surface area (Å²) in [6, 6.07) is 0. The molecule has 0 bridgehead atoms. The van der Waals surface area contributed by atoms with Crippen LogP contribution in [-0.4, -0.2) is 66.0 Å². The summed E-state index contributed by atoms with van der Waals surface area (Å²) < 4.78 is 7.24. The molecule has 9 nitrogen and oxygen atoms in total. The van der Waals surface area contributed by atoms with Gasteiger partial charge in [-0.15, -0.1) is 6.42 Å². The van der Waals surface area contributed by atoms with Gasteiger partial charge in [-0.05, 0) is 12.2 Å². The number of aromatic nitrogens is 4. The fourth-order valence-electron chi connectivity index (χ4n) is 2.53. The number of anilines is 1. The number of ether oxygens (including phenoxy) is 1. The number of carbonyl (C=O) groups excluding carboxylic acids is 1. The third-order valence-electron chi connectivity index (χ3n) is 3.66. The van der Waals surface area contributed by atoms with Crippen molar-refractivity contribution in [1.29, 1.82) is 0 Å². The molecule has 1 aliphatic heterocycles. The van der Waals surface area contributed by atoms with Crippen LogP contribution in [0.5, 0.6) is 0 Å². The number of hydrogen-bond acceptors (Lipinski definition) is 8. The Morgan fingerprint density at radius 3 is 2.96 bits per heavy atom. The van der Waals surface area contributed by atoms with E-state index in [0.29, 0.717) is 16.9 Å². The predicted octanol–water partition coefficient (Wildman–Crippen LogP) is -0.620. The first-order valence-electron chi connectivity index (χ1n) is 7.02. The number of amides is 1. The summed E-state index contributed by atoms with van der Waals surface area (Å²) >= 11 is 1.51. The van der Waals surface area contributed by atoms with Gasteiger partial charge in [-0.2, -0.15) is 11.8 Å². The van der Waals surface area contributed by atoms with Crippen LogP contribution in [-0.2, 0) is 9.53 Å². The predicted molar refractivity (Wildman–Crippen MR) is 87.1 cm³/mol. The lowest BCUT2D eigenvalue weighted by Crippen LogP contribution is -2.32. The average Bonchev–Trinajstić information content (AvgIpc) is 3.12. The molecule has 1 saturated heterocycles. The van der Waals surface area contributed by atoms with Crippen LogP contribution in [0.4, 0.5) is 5.82 Å². The lowest BCUT2D eigenvalue weighted by atomic mass is 10.1. The first-order chi connectivity index (χ1) is 11.6. The van der Waals surface area contributed by atoms with Crippen LogP contribution in [0.15, 0.2) is 12.7 Å². The molecule has 3 heterocycles. The van der Waals surface area contributed by atoms with Crippen LogP contribution in [0.2, 0.25) is 0 Å². The Morgan fingerprint density at radius 2 is 2.25 bits per heavy atom. The second-order valence-corrected chi connectivity index (χ2v) is 6.06. The van der Waals surface area contributed by atoms with Crippen molar-refractivity contribution in [3.63, 3.8) is 0 Å².